The van der Waals surface area contributed by atoms with Crippen molar-refractivity contribution in [1.29, 1.82) is 0 Å². The van der Waals surface area contributed by atoms with Gasteiger partial charge in [-0.2, -0.15) is 13.2 Å². The third kappa shape index (κ3) is 2.03. The van der Waals surface area contributed by atoms with Crippen molar-refractivity contribution in [2.24, 2.45) is 5.92 Å². The van der Waals surface area contributed by atoms with E-state index in [0.29, 0.717) is 16.4 Å². The topological polar surface area (TPSA) is 71.9 Å². The largest absolute Gasteiger partial charge is 0.393 e. The maximum absolute atomic E-state index is 12.6. The highest BCUT2D eigenvalue weighted by molar-refractivity contribution is 7.20. The van der Waals surface area contributed by atoms with E-state index in [0.717, 1.165) is 11.3 Å². The van der Waals surface area contributed by atoms with E-state index in [-0.39, 0.29) is 21.5 Å². The molecule has 21 heavy (non-hydrogen) atoms. The van der Waals surface area contributed by atoms with Crippen LogP contribution in [0.15, 0.2) is 9.59 Å². The van der Waals surface area contributed by atoms with Crippen molar-refractivity contribution >= 4 is 27.8 Å². The van der Waals surface area contributed by atoms with Crippen LogP contribution in [0.25, 0.3) is 10.2 Å². The highest BCUT2D eigenvalue weighted by atomic mass is 32.1. The van der Waals surface area contributed by atoms with Crippen LogP contribution in [0, 0.1) is 12.8 Å². The number of H-pyrrole nitrogens is 1. The average Bonchev–Trinajstić information content (AvgIpc) is 3.09. The number of aryl methyl sites for hydroxylation is 1. The summed E-state index contributed by atoms with van der Waals surface area (Å²) >= 11 is 0.940. The molecule has 0 radical (unpaired) electrons. The van der Waals surface area contributed by atoms with Gasteiger partial charge in [0.1, 0.15) is 4.83 Å². The first kappa shape index (κ1) is 14.1. The minimum absolute atomic E-state index is 0.106. The van der Waals surface area contributed by atoms with Gasteiger partial charge in [0.15, 0.2) is 6.29 Å². The summed E-state index contributed by atoms with van der Waals surface area (Å²) < 4.78 is 38.5. The smallest absolute Gasteiger partial charge is 0.298 e. The lowest BCUT2D eigenvalue weighted by Crippen LogP contribution is -2.35. The predicted octanol–water partition coefficient (Wildman–Crippen LogP) is 2.00. The first-order valence-electron chi connectivity index (χ1n) is 6.05. The summed E-state index contributed by atoms with van der Waals surface area (Å²) in [5, 5.41) is 0.106. The zero-order valence-electron chi connectivity index (χ0n) is 10.7. The molecule has 1 fully saturated rings. The molecule has 0 aromatic carbocycles. The van der Waals surface area contributed by atoms with E-state index in [1.807, 2.05) is 0 Å². The molecule has 2 atom stereocenters. The summed E-state index contributed by atoms with van der Waals surface area (Å²) in [6, 6.07) is -1.16. The van der Waals surface area contributed by atoms with Crippen LogP contribution in [0.1, 0.15) is 27.7 Å². The molecule has 0 amide bonds. The quantitative estimate of drug-likeness (QED) is 0.861. The molecule has 2 aromatic heterocycles. The van der Waals surface area contributed by atoms with Gasteiger partial charge in [0.05, 0.1) is 22.2 Å². The Kier molecular flexibility index (Phi) is 2.88. The number of nitrogens with zero attached hydrogens (tertiary/aromatic N) is 1. The number of aromatic nitrogens is 2. The molecular weight excluding hydrogens is 309 g/mol. The van der Waals surface area contributed by atoms with Gasteiger partial charge in [0.25, 0.3) is 5.56 Å². The Bertz CT molecular complexity index is 861. The molecular formula is C12H9F3N2O3S. The summed E-state index contributed by atoms with van der Waals surface area (Å²) in [5.41, 5.74) is -1.26. The zero-order chi connectivity index (χ0) is 15.5. The average molecular weight is 318 g/mol. The molecule has 2 unspecified atom stereocenters. The molecule has 1 N–H and O–H groups in total. The van der Waals surface area contributed by atoms with E-state index in [9.17, 15) is 27.6 Å². The fraction of sp³-hybridized carbons (Fsp3) is 0.417. The molecule has 0 aliphatic heterocycles. The molecule has 5 nitrogen and oxygen atoms in total. The lowest BCUT2D eigenvalue weighted by molar-refractivity contribution is -0.150. The van der Waals surface area contributed by atoms with Gasteiger partial charge in [-0.05, 0) is 18.9 Å². The molecule has 2 aromatic rings. The van der Waals surface area contributed by atoms with Gasteiger partial charge in [-0.15, -0.1) is 11.3 Å². The highest BCUT2D eigenvalue weighted by Gasteiger charge is 2.57. The molecule has 112 valence electrons. The van der Waals surface area contributed by atoms with E-state index in [2.05, 4.69) is 4.98 Å². The van der Waals surface area contributed by atoms with E-state index in [1.165, 1.54) is 6.92 Å². The van der Waals surface area contributed by atoms with Gasteiger partial charge in [-0.1, -0.05) is 0 Å². The predicted molar refractivity (Wildman–Crippen MR) is 70.0 cm³/mol. The van der Waals surface area contributed by atoms with Crippen molar-refractivity contribution in [3.63, 3.8) is 0 Å². The Labute approximate surface area is 119 Å². The molecule has 2 heterocycles. The van der Waals surface area contributed by atoms with Crippen LogP contribution >= 0.6 is 11.3 Å². The Morgan fingerprint density at radius 1 is 1.38 bits per heavy atom. The number of carbonyl (C=O) groups excluding carboxylic acids is 1. The standard InChI is InChI=1S/C12H9F3N2O3S/c1-4-7(3-18)21-9-8(4)10(19)17(11(20)16-9)6-2-5(6)12(13,14)15/h3,5-6H,2H2,1H3,(H,16,20). The molecule has 1 saturated carbocycles. The lowest BCUT2D eigenvalue weighted by Gasteiger charge is -2.07. The molecule has 0 saturated heterocycles. The number of aromatic amines is 1. The minimum Gasteiger partial charge on any atom is -0.298 e. The van der Waals surface area contributed by atoms with Gasteiger partial charge < -0.3 is 0 Å². The lowest BCUT2D eigenvalue weighted by atomic mass is 10.2. The number of fused-ring (bicyclic) bond motifs is 1. The van der Waals surface area contributed by atoms with Crippen LogP contribution in [-0.4, -0.2) is 22.0 Å². The molecule has 9 heteroatoms. The third-order valence-electron chi connectivity index (χ3n) is 3.67. The van der Waals surface area contributed by atoms with Gasteiger partial charge in [-0.25, -0.2) is 4.79 Å². The fourth-order valence-electron chi connectivity index (χ4n) is 2.48. The summed E-state index contributed by atoms with van der Waals surface area (Å²) in [7, 11) is 0. The van der Waals surface area contributed by atoms with Crippen LogP contribution in [0.4, 0.5) is 13.2 Å². The summed E-state index contributed by atoms with van der Waals surface area (Å²) in [6.07, 6.45) is -4.15. The van der Waals surface area contributed by atoms with Gasteiger partial charge in [-0.3, -0.25) is 19.1 Å². The number of nitrogens with one attached hydrogen (secondary N) is 1. The maximum Gasteiger partial charge on any atom is 0.393 e. The number of alkyl halides is 3. The van der Waals surface area contributed by atoms with Crippen LogP contribution in [-0.2, 0) is 0 Å². The number of halogens is 3. The first-order chi connectivity index (χ1) is 9.75. The normalized spacial score (nSPS) is 21.7. The second kappa shape index (κ2) is 4.30. The van der Waals surface area contributed by atoms with Crippen molar-refractivity contribution < 1.29 is 18.0 Å². The van der Waals surface area contributed by atoms with Crippen molar-refractivity contribution in [2.75, 3.05) is 0 Å². The maximum atomic E-state index is 12.6. The van der Waals surface area contributed by atoms with Crippen LogP contribution < -0.4 is 11.2 Å². The van der Waals surface area contributed by atoms with Gasteiger partial charge in [0.2, 0.25) is 0 Å². The van der Waals surface area contributed by atoms with Crippen LogP contribution in [0.2, 0.25) is 0 Å². The third-order valence-corrected chi connectivity index (χ3v) is 4.80. The van der Waals surface area contributed by atoms with Crippen LogP contribution in [0.5, 0.6) is 0 Å². The molecule has 0 spiro atoms. The zero-order valence-corrected chi connectivity index (χ0v) is 11.5. The Balaban J connectivity index is 2.22. The molecule has 1 aliphatic rings. The van der Waals surface area contributed by atoms with E-state index >= 15 is 0 Å². The van der Waals surface area contributed by atoms with Crippen LogP contribution in [0.3, 0.4) is 0 Å². The van der Waals surface area contributed by atoms with E-state index < -0.39 is 29.4 Å². The number of hydrogen-bond acceptors (Lipinski definition) is 4. The number of rotatable bonds is 2. The number of thiophene rings is 1. The van der Waals surface area contributed by atoms with Crippen molar-refractivity contribution in [1.82, 2.24) is 9.55 Å². The summed E-state index contributed by atoms with van der Waals surface area (Å²) in [6.45, 7) is 1.53. The fourth-order valence-corrected chi connectivity index (χ4v) is 3.48. The minimum atomic E-state index is -4.43. The highest BCUT2D eigenvalue weighted by Crippen LogP contribution is 2.52. The summed E-state index contributed by atoms with van der Waals surface area (Å²) in [5.74, 6) is -1.67. The van der Waals surface area contributed by atoms with Crippen molar-refractivity contribution in [3.8, 4) is 0 Å². The van der Waals surface area contributed by atoms with E-state index in [4.69, 9.17) is 0 Å². The molecule has 1 aliphatic carbocycles. The monoisotopic (exact) mass is 318 g/mol. The van der Waals surface area contributed by atoms with Gasteiger partial charge in [0, 0.05) is 0 Å². The molecule has 0 bridgehead atoms. The van der Waals surface area contributed by atoms with Crippen molar-refractivity contribution in [3.05, 3.63) is 31.3 Å². The second-order valence-electron chi connectivity index (χ2n) is 4.97. The van der Waals surface area contributed by atoms with Crippen molar-refractivity contribution in [2.45, 2.75) is 25.6 Å². The summed E-state index contributed by atoms with van der Waals surface area (Å²) in [4.78, 5) is 37.9. The molecule has 3 rings (SSSR count). The Hall–Kier alpha value is -1.90. The van der Waals surface area contributed by atoms with E-state index in [1.54, 1.807) is 0 Å². The first-order valence-corrected chi connectivity index (χ1v) is 6.87. The van der Waals surface area contributed by atoms with Gasteiger partial charge >= 0.3 is 11.9 Å². The number of aldehydes is 1. The Morgan fingerprint density at radius 2 is 2.05 bits per heavy atom. The number of hydrogen-bond donors (Lipinski definition) is 1. The SMILES string of the molecule is Cc1c(C=O)sc2[nH]c(=O)n(C3CC3C(F)(F)F)c(=O)c12. The second-order valence-corrected chi connectivity index (χ2v) is 6.02. The number of carbonyl (C=O) groups is 1. The Morgan fingerprint density at radius 3 is 2.57 bits per heavy atom.